The second-order valence-corrected chi connectivity index (χ2v) is 13.6. The Hall–Kier alpha value is -6.97. The second kappa shape index (κ2) is 12.7. The largest absolute Gasteiger partial charge is 0.208 e. The molecule has 1 aromatic heterocycles. The first-order valence-electron chi connectivity index (χ1n) is 18.0. The van der Waals surface area contributed by atoms with Crippen molar-refractivity contribution < 1.29 is 0 Å². The van der Waals surface area contributed by atoms with Crippen LogP contribution in [0.15, 0.2) is 200 Å². The van der Waals surface area contributed by atoms with Crippen molar-refractivity contribution in [3.05, 3.63) is 222 Å². The van der Waals surface area contributed by atoms with Crippen molar-refractivity contribution in [2.45, 2.75) is 5.41 Å². The smallest absolute Gasteiger partial charge is 0.164 e. The predicted molar refractivity (Wildman–Crippen MR) is 216 cm³/mol. The number of hydrogen-bond donors (Lipinski definition) is 0. The van der Waals surface area contributed by atoms with Crippen molar-refractivity contribution in [2.75, 3.05) is 0 Å². The van der Waals surface area contributed by atoms with Crippen LogP contribution < -0.4 is 0 Å². The van der Waals surface area contributed by atoms with E-state index in [-0.39, 0.29) is 0 Å². The van der Waals surface area contributed by atoms with Gasteiger partial charge in [-0.15, -0.1) is 0 Å². The van der Waals surface area contributed by atoms with Crippen LogP contribution in [0.25, 0.3) is 67.2 Å². The second-order valence-electron chi connectivity index (χ2n) is 13.6. The normalized spacial score (nSPS) is 12.7. The molecule has 0 fully saturated rings. The van der Waals surface area contributed by atoms with E-state index in [0.29, 0.717) is 17.5 Å². The molecule has 8 aromatic carbocycles. The molecule has 0 atom stereocenters. The van der Waals surface area contributed by atoms with Gasteiger partial charge in [-0.25, -0.2) is 15.0 Å². The lowest BCUT2D eigenvalue weighted by Crippen LogP contribution is -2.28. The van der Waals surface area contributed by atoms with Gasteiger partial charge in [0.25, 0.3) is 0 Å². The molecule has 0 unspecified atom stereocenters. The van der Waals surface area contributed by atoms with E-state index in [9.17, 15) is 0 Å². The lowest BCUT2D eigenvalue weighted by molar-refractivity contribution is 0.768. The molecule has 9 aromatic rings. The lowest BCUT2D eigenvalue weighted by Gasteiger charge is -2.34. The van der Waals surface area contributed by atoms with Gasteiger partial charge in [0.05, 0.1) is 5.41 Å². The van der Waals surface area contributed by atoms with Crippen molar-refractivity contribution in [3.8, 4) is 56.4 Å². The third-order valence-electron chi connectivity index (χ3n) is 10.6. The van der Waals surface area contributed by atoms with E-state index in [2.05, 4.69) is 170 Å². The van der Waals surface area contributed by atoms with Gasteiger partial charge in [0.15, 0.2) is 17.5 Å². The first-order valence-corrected chi connectivity index (χ1v) is 18.0. The summed E-state index contributed by atoms with van der Waals surface area (Å²) < 4.78 is 0. The molecular weight excluding hydrogens is 643 g/mol. The summed E-state index contributed by atoms with van der Waals surface area (Å²) in [4.78, 5) is 15.0. The van der Waals surface area contributed by atoms with Crippen LogP contribution >= 0.6 is 0 Å². The maximum atomic E-state index is 5.06. The summed E-state index contributed by atoms with van der Waals surface area (Å²) >= 11 is 0. The molecular formula is C50H33N3. The molecule has 10 rings (SSSR count). The molecule has 1 heterocycles. The predicted octanol–water partition coefficient (Wildman–Crippen LogP) is 12.1. The fourth-order valence-electron chi connectivity index (χ4n) is 8.21. The van der Waals surface area contributed by atoms with Crippen LogP contribution in [0.5, 0.6) is 0 Å². The summed E-state index contributed by atoms with van der Waals surface area (Å²) in [5.74, 6) is 1.95. The molecule has 0 radical (unpaired) electrons. The van der Waals surface area contributed by atoms with Gasteiger partial charge in [-0.05, 0) is 61.3 Å². The minimum absolute atomic E-state index is 0.442. The monoisotopic (exact) mass is 675 g/mol. The Balaban J connectivity index is 1.12. The maximum absolute atomic E-state index is 5.06. The molecule has 0 saturated heterocycles. The zero-order valence-electron chi connectivity index (χ0n) is 28.9. The molecule has 0 bridgehead atoms. The Labute approximate surface area is 309 Å². The first kappa shape index (κ1) is 30.8. The van der Waals surface area contributed by atoms with Crippen LogP contribution in [0, 0.1) is 0 Å². The summed E-state index contributed by atoms with van der Waals surface area (Å²) in [6, 6.07) is 71.2. The van der Waals surface area contributed by atoms with Crippen LogP contribution in [0.3, 0.4) is 0 Å². The topological polar surface area (TPSA) is 38.7 Å². The molecule has 0 amide bonds. The van der Waals surface area contributed by atoms with Gasteiger partial charge < -0.3 is 0 Å². The lowest BCUT2D eigenvalue weighted by atomic mass is 9.67. The van der Waals surface area contributed by atoms with Crippen LogP contribution in [-0.4, -0.2) is 15.0 Å². The molecule has 248 valence electrons. The molecule has 3 nitrogen and oxygen atoms in total. The highest BCUT2D eigenvalue weighted by molar-refractivity contribution is 5.95. The number of rotatable bonds is 6. The molecule has 0 N–H and O–H groups in total. The molecule has 0 spiro atoms. The van der Waals surface area contributed by atoms with E-state index in [4.69, 9.17) is 15.0 Å². The first-order chi connectivity index (χ1) is 26.3. The number of hydrogen-bond acceptors (Lipinski definition) is 3. The van der Waals surface area contributed by atoms with E-state index in [1.807, 2.05) is 30.3 Å². The van der Waals surface area contributed by atoms with E-state index < -0.39 is 5.41 Å². The zero-order chi connectivity index (χ0) is 35.2. The van der Waals surface area contributed by atoms with Crippen LogP contribution in [0.2, 0.25) is 0 Å². The van der Waals surface area contributed by atoms with E-state index in [0.717, 1.165) is 27.6 Å². The molecule has 1 aliphatic rings. The number of aromatic nitrogens is 3. The fraction of sp³-hybridized carbons (Fsp3) is 0.0200. The van der Waals surface area contributed by atoms with Crippen LogP contribution in [0.4, 0.5) is 0 Å². The minimum atomic E-state index is -0.442. The average molecular weight is 676 g/mol. The van der Waals surface area contributed by atoms with Gasteiger partial charge in [0.1, 0.15) is 0 Å². The molecule has 53 heavy (non-hydrogen) atoms. The van der Waals surface area contributed by atoms with Crippen molar-refractivity contribution in [1.82, 2.24) is 15.0 Å². The summed E-state index contributed by atoms with van der Waals surface area (Å²) in [6.07, 6.45) is 0. The summed E-state index contributed by atoms with van der Waals surface area (Å²) in [6.45, 7) is 0. The van der Waals surface area contributed by atoms with Crippen molar-refractivity contribution >= 4 is 10.8 Å². The van der Waals surface area contributed by atoms with Crippen molar-refractivity contribution in [3.63, 3.8) is 0 Å². The molecule has 0 saturated carbocycles. The van der Waals surface area contributed by atoms with Gasteiger partial charge in [0.2, 0.25) is 0 Å². The number of nitrogens with zero attached hydrogens (tertiary/aromatic N) is 3. The number of benzene rings is 8. The SMILES string of the molecule is c1ccc(-c2nc(-c3ccc(-c4cccc5c4-c4ccccc4C5(c4ccccc4)c4ccccc4)cc3)nc(-c3ccc4ccccc4c3)n2)cc1. The van der Waals surface area contributed by atoms with Crippen molar-refractivity contribution in [2.24, 2.45) is 0 Å². The molecule has 0 aliphatic heterocycles. The third-order valence-corrected chi connectivity index (χ3v) is 10.6. The van der Waals surface area contributed by atoms with Crippen LogP contribution in [0.1, 0.15) is 22.3 Å². The summed E-state index contributed by atoms with van der Waals surface area (Å²) in [5, 5.41) is 2.34. The number of fused-ring (bicyclic) bond motifs is 4. The standard InChI is InChI=1S/C50H33N3/c1-4-16-36(17-5-1)47-51-48(53-49(52-47)39-32-27-34-15-10-11-18-38(34)33-39)37-30-28-35(29-31-37)42-24-14-26-45-46(42)43-23-12-13-25-44(43)50(45,40-19-6-2-7-20-40)41-21-8-3-9-22-41/h1-33H. The minimum Gasteiger partial charge on any atom is -0.208 e. The van der Waals surface area contributed by atoms with Gasteiger partial charge in [-0.3, -0.25) is 0 Å². The average Bonchev–Trinajstić information content (AvgIpc) is 3.56. The highest BCUT2D eigenvalue weighted by Crippen LogP contribution is 2.58. The van der Waals surface area contributed by atoms with Gasteiger partial charge >= 0.3 is 0 Å². The zero-order valence-corrected chi connectivity index (χ0v) is 28.9. The molecule has 1 aliphatic carbocycles. The van der Waals surface area contributed by atoms with Crippen molar-refractivity contribution in [1.29, 1.82) is 0 Å². The van der Waals surface area contributed by atoms with Gasteiger partial charge in [-0.2, -0.15) is 0 Å². The Morgan fingerprint density at radius 1 is 0.302 bits per heavy atom. The Morgan fingerprint density at radius 3 is 1.45 bits per heavy atom. The highest BCUT2D eigenvalue weighted by atomic mass is 15.0. The van der Waals surface area contributed by atoms with E-state index >= 15 is 0 Å². The maximum Gasteiger partial charge on any atom is 0.164 e. The van der Waals surface area contributed by atoms with E-state index in [1.54, 1.807) is 0 Å². The fourth-order valence-corrected chi connectivity index (χ4v) is 8.21. The Bertz CT molecular complexity index is 2720. The quantitative estimate of drug-likeness (QED) is 0.176. The third kappa shape index (κ3) is 5.09. The van der Waals surface area contributed by atoms with Gasteiger partial charge in [-0.1, -0.05) is 194 Å². The summed E-state index contributed by atoms with van der Waals surface area (Å²) in [7, 11) is 0. The van der Waals surface area contributed by atoms with E-state index in [1.165, 1.54) is 44.3 Å². The molecule has 3 heteroatoms. The highest BCUT2D eigenvalue weighted by Gasteiger charge is 2.46. The Morgan fingerprint density at radius 2 is 0.774 bits per heavy atom. The van der Waals surface area contributed by atoms with Crippen LogP contribution in [-0.2, 0) is 5.41 Å². The Kier molecular flexibility index (Phi) is 7.36. The van der Waals surface area contributed by atoms with Gasteiger partial charge in [0, 0.05) is 16.7 Å². The summed E-state index contributed by atoms with van der Waals surface area (Å²) in [5.41, 5.74) is 12.4.